The van der Waals surface area contributed by atoms with Crippen molar-refractivity contribution >= 4 is 17.4 Å². The third-order valence-electron chi connectivity index (χ3n) is 3.24. The number of amidine groups is 1. The summed E-state index contributed by atoms with van der Waals surface area (Å²) in [7, 11) is 0. The van der Waals surface area contributed by atoms with Crippen LogP contribution in [0.15, 0.2) is 23.2 Å². The maximum absolute atomic E-state index is 6.18. The number of nitrogens with one attached hydrogen (secondary N) is 1. The topological polar surface area (TPSA) is 24.4 Å². The first-order valence-corrected chi connectivity index (χ1v) is 5.79. The summed E-state index contributed by atoms with van der Waals surface area (Å²) >= 11 is 6.18. The Kier molecular flexibility index (Phi) is 2.17. The van der Waals surface area contributed by atoms with Crippen molar-refractivity contribution in [2.24, 2.45) is 4.99 Å². The highest BCUT2D eigenvalue weighted by Gasteiger charge is 2.29. The van der Waals surface area contributed by atoms with Gasteiger partial charge in [-0.1, -0.05) is 23.7 Å². The summed E-state index contributed by atoms with van der Waals surface area (Å²) in [6.45, 7) is 1.91. The monoisotopic (exact) mass is 220 g/mol. The lowest BCUT2D eigenvalue weighted by Crippen LogP contribution is -2.24. The molecule has 1 heterocycles. The number of benzene rings is 1. The summed E-state index contributed by atoms with van der Waals surface area (Å²) < 4.78 is 0. The molecule has 1 aliphatic heterocycles. The van der Waals surface area contributed by atoms with Crippen LogP contribution >= 0.6 is 11.6 Å². The van der Waals surface area contributed by atoms with E-state index in [1.54, 1.807) is 0 Å². The van der Waals surface area contributed by atoms with Gasteiger partial charge in [0.05, 0.1) is 6.54 Å². The molecule has 1 unspecified atom stereocenters. The lowest BCUT2D eigenvalue weighted by atomic mass is 10.0. The molecule has 3 heteroatoms. The Morgan fingerprint density at radius 2 is 2.33 bits per heavy atom. The van der Waals surface area contributed by atoms with Gasteiger partial charge in [-0.3, -0.25) is 4.99 Å². The van der Waals surface area contributed by atoms with E-state index in [1.807, 2.05) is 12.1 Å². The molecule has 0 radical (unpaired) electrons. The second-order valence-electron chi connectivity index (χ2n) is 4.09. The molecule has 2 aliphatic rings. The zero-order chi connectivity index (χ0) is 10.3. The van der Waals surface area contributed by atoms with Crippen molar-refractivity contribution in [1.29, 1.82) is 0 Å². The van der Waals surface area contributed by atoms with Crippen molar-refractivity contribution in [1.82, 2.24) is 5.32 Å². The lowest BCUT2D eigenvalue weighted by Gasteiger charge is -2.12. The van der Waals surface area contributed by atoms with Crippen molar-refractivity contribution in [2.45, 2.75) is 18.8 Å². The third-order valence-corrected chi connectivity index (χ3v) is 3.60. The zero-order valence-corrected chi connectivity index (χ0v) is 9.22. The van der Waals surface area contributed by atoms with Crippen LogP contribution in [-0.4, -0.2) is 18.9 Å². The molecule has 78 valence electrons. The lowest BCUT2D eigenvalue weighted by molar-refractivity contribution is 0.821. The van der Waals surface area contributed by atoms with Crippen LogP contribution in [0.25, 0.3) is 0 Å². The highest BCUT2D eigenvalue weighted by Crippen LogP contribution is 2.37. The molecule has 1 aromatic carbocycles. The van der Waals surface area contributed by atoms with E-state index in [1.165, 1.54) is 11.1 Å². The number of nitrogens with zero attached hydrogens (tertiary/aromatic N) is 1. The van der Waals surface area contributed by atoms with Crippen LogP contribution in [0.4, 0.5) is 0 Å². The summed E-state index contributed by atoms with van der Waals surface area (Å²) in [5.41, 5.74) is 2.69. The predicted molar refractivity (Wildman–Crippen MR) is 62.8 cm³/mol. The van der Waals surface area contributed by atoms with Gasteiger partial charge in [-0.2, -0.15) is 0 Å². The Hall–Kier alpha value is -1.02. The van der Waals surface area contributed by atoms with E-state index in [2.05, 4.69) is 16.4 Å². The fourth-order valence-corrected chi connectivity index (χ4v) is 2.82. The van der Waals surface area contributed by atoms with Crippen LogP contribution in [0.2, 0.25) is 5.02 Å². The second kappa shape index (κ2) is 3.53. The van der Waals surface area contributed by atoms with Gasteiger partial charge in [0.15, 0.2) is 0 Å². The van der Waals surface area contributed by atoms with Gasteiger partial charge in [-0.05, 0) is 30.0 Å². The van der Waals surface area contributed by atoms with Crippen molar-refractivity contribution < 1.29 is 0 Å². The molecule has 0 saturated heterocycles. The summed E-state index contributed by atoms with van der Waals surface area (Å²) in [6.07, 6.45) is 2.23. The number of halogens is 1. The Balaban J connectivity index is 2.01. The highest BCUT2D eigenvalue weighted by atomic mass is 35.5. The zero-order valence-electron chi connectivity index (χ0n) is 8.46. The summed E-state index contributed by atoms with van der Waals surface area (Å²) in [4.78, 5) is 4.51. The van der Waals surface area contributed by atoms with Crippen molar-refractivity contribution in [2.75, 3.05) is 13.1 Å². The number of hydrogen-bond donors (Lipinski definition) is 1. The average Bonchev–Trinajstić information content (AvgIpc) is 2.85. The first-order valence-electron chi connectivity index (χ1n) is 5.42. The maximum Gasteiger partial charge on any atom is 0.104 e. The molecule has 0 fully saturated rings. The fourth-order valence-electron chi connectivity index (χ4n) is 2.54. The average molecular weight is 221 g/mol. The second-order valence-corrected chi connectivity index (χ2v) is 4.50. The Labute approximate surface area is 94.4 Å². The predicted octanol–water partition coefficient (Wildman–Crippen LogP) is 2.37. The summed E-state index contributed by atoms with van der Waals surface area (Å²) in [5.74, 6) is 1.62. The molecule has 3 rings (SSSR count). The molecule has 1 atom stereocenters. The summed E-state index contributed by atoms with van der Waals surface area (Å²) in [6, 6.07) is 6.20. The molecule has 0 bridgehead atoms. The number of hydrogen-bond acceptors (Lipinski definition) is 2. The van der Waals surface area contributed by atoms with Gasteiger partial charge >= 0.3 is 0 Å². The molecule has 2 nitrogen and oxygen atoms in total. The molecule has 0 saturated carbocycles. The molecular formula is C12H13ClN2. The first kappa shape index (κ1) is 9.22. The van der Waals surface area contributed by atoms with Crippen LogP contribution in [-0.2, 0) is 6.42 Å². The minimum absolute atomic E-state index is 0.459. The van der Waals surface area contributed by atoms with E-state index in [-0.39, 0.29) is 0 Å². The molecule has 1 aliphatic carbocycles. The fraction of sp³-hybridized carbons (Fsp3) is 0.417. The molecule has 0 aromatic heterocycles. The highest BCUT2D eigenvalue weighted by molar-refractivity contribution is 6.31. The molecule has 0 amide bonds. The van der Waals surface area contributed by atoms with Crippen LogP contribution < -0.4 is 5.32 Å². The number of fused-ring (bicyclic) bond motifs is 1. The van der Waals surface area contributed by atoms with E-state index < -0.39 is 0 Å². The van der Waals surface area contributed by atoms with E-state index in [0.717, 1.165) is 36.8 Å². The number of rotatable bonds is 1. The smallest absolute Gasteiger partial charge is 0.104 e. The van der Waals surface area contributed by atoms with Gasteiger partial charge in [0.25, 0.3) is 0 Å². The van der Waals surface area contributed by atoms with Crippen molar-refractivity contribution in [3.63, 3.8) is 0 Å². The minimum Gasteiger partial charge on any atom is -0.371 e. The van der Waals surface area contributed by atoms with Crippen molar-refractivity contribution in [3.05, 3.63) is 34.3 Å². The first-order chi connectivity index (χ1) is 7.36. The van der Waals surface area contributed by atoms with E-state index in [9.17, 15) is 0 Å². The van der Waals surface area contributed by atoms with Gasteiger partial charge < -0.3 is 5.32 Å². The maximum atomic E-state index is 6.18. The van der Waals surface area contributed by atoms with Crippen LogP contribution in [0.1, 0.15) is 23.5 Å². The molecular weight excluding hydrogens is 208 g/mol. The summed E-state index contributed by atoms with van der Waals surface area (Å²) in [5, 5.41) is 4.28. The van der Waals surface area contributed by atoms with E-state index in [0.29, 0.717) is 5.92 Å². The van der Waals surface area contributed by atoms with Gasteiger partial charge in [0.1, 0.15) is 5.84 Å². The van der Waals surface area contributed by atoms with Gasteiger partial charge in [0.2, 0.25) is 0 Å². The van der Waals surface area contributed by atoms with Crippen LogP contribution in [0, 0.1) is 0 Å². The minimum atomic E-state index is 0.459. The molecule has 15 heavy (non-hydrogen) atoms. The normalized spacial score (nSPS) is 23.5. The van der Waals surface area contributed by atoms with E-state index in [4.69, 9.17) is 11.6 Å². The van der Waals surface area contributed by atoms with Gasteiger partial charge in [0, 0.05) is 17.5 Å². The van der Waals surface area contributed by atoms with Gasteiger partial charge in [-0.25, -0.2) is 0 Å². The standard InChI is InChI=1S/C12H13ClN2/c13-11-3-1-2-8-9(11)4-5-10(8)12-14-6-7-15-12/h1-3,10H,4-7H2,(H,14,15). The SMILES string of the molecule is Clc1cccc2c1CCC2C1=NCCN1. The Bertz CT molecular complexity index is 426. The van der Waals surface area contributed by atoms with Crippen LogP contribution in [0.5, 0.6) is 0 Å². The largest absolute Gasteiger partial charge is 0.371 e. The molecule has 0 spiro atoms. The Morgan fingerprint density at radius 3 is 3.13 bits per heavy atom. The number of aliphatic imine (C=N–C) groups is 1. The van der Waals surface area contributed by atoms with E-state index >= 15 is 0 Å². The third kappa shape index (κ3) is 1.44. The van der Waals surface area contributed by atoms with Crippen molar-refractivity contribution in [3.8, 4) is 0 Å². The van der Waals surface area contributed by atoms with Crippen LogP contribution in [0.3, 0.4) is 0 Å². The Morgan fingerprint density at radius 1 is 1.40 bits per heavy atom. The quantitative estimate of drug-likeness (QED) is 0.772. The van der Waals surface area contributed by atoms with Gasteiger partial charge in [-0.15, -0.1) is 0 Å². The molecule has 1 aromatic rings. The molecule has 1 N–H and O–H groups in total.